The van der Waals surface area contributed by atoms with Crippen molar-refractivity contribution in [2.45, 2.75) is 45.6 Å². The van der Waals surface area contributed by atoms with E-state index in [4.69, 9.17) is 9.73 Å². The Morgan fingerprint density at radius 3 is 2.75 bits per heavy atom. The van der Waals surface area contributed by atoms with Gasteiger partial charge in [0.05, 0.1) is 13.2 Å². The molecule has 0 aromatic rings. The molecule has 0 saturated carbocycles. The molecule has 2 aliphatic rings. The quantitative estimate of drug-likeness (QED) is 0.480. The predicted molar refractivity (Wildman–Crippen MR) is 94.0 cm³/mol. The SMILES string of the molecule is CCNC(=NCC1(CO)CCOCC1)NC1CCN(C(=O)CC)C1. The fourth-order valence-electron chi connectivity index (χ4n) is 3.26. The highest BCUT2D eigenvalue weighted by molar-refractivity contribution is 5.80. The van der Waals surface area contributed by atoms with Crippen molar-refractivity contribution in [1.29, 1.82) is 0 Å². The minimum Gasteiger partial charge on any atom is -0.396 e. The number of nitrogens with zero attached hydrogens (tertiary/aromatic N) is 2. The number of amides is 1. The molecule has 3 N–H and O–H groups in total. The highest BCUT2D eigenvalue weighted by Crippen LogP contribution is 2.30. The van der Waals surface area contributed by atoms with E-state index in [1.807, 2.05) is 18.7 Å². The fourth-order valence-corrected chi connectivity index (χ4v) is 3.26. The number of hydrogen-bond donors (Lipinski definition) is 3. The van der Waals surface area contributed by atoms with Crippen LogP contribution in [0.2, 0.25) is 0 Å². The van der Waals surface area contributed by atoms with Gasteiger partial charge in [-0.25, -0.2) is 0 Å². The summed E-state index contributed by atoms with van der Waals surface area (Å²) in [6.45, 7) is 8.37. The van der Waals surface area contributed by atoms with E-state index in [-0.39, 0.29) is 24.0 Å². The summed E-state index contributed by atoms with van der Waals surface area (Å²) in [4.78, 5) is 18.4. The number of rotatable bonds is 6. The standard InChI is InChI=1S/C17H32N4O3/c1-3-15(23)21-8-5-14(11-21)20-16(18-4-2)19-12-17(13-22)6-9-24-10-7-17/h14,22H,3-13H2,1-2H3,(H2,18,19,20). The van der Waals surface area contributed by atoms with E-state index < -0.39 is 0 Å². The van der Waals surface area contributed by atoms with Crippen molar-refractivity contribution in [1.82, 2.24) is 15.5 Å². The summed E-state index contributed by atoms with van der Waals surface area (Å²) < 4.78 is 5.41. The van der Waals surface area contributed by atoms with Crippen LogP contribution < -0.4 is 10.6 Å². The molecule has 2 aliphatic heterocycles. The van der Waals surface area contributed by atoms with Gasteiger partial charge >= 0.3 is 0 Å². The number of aliphatic hydroxyl groups excluding tert-OH is 1. The molecule has 24 heavy (non-hydrogen) atoms. The first-order valence-electron chi connectivity index (χ1n) is 9.13. The van der Waals surface area contributed by atoms with Gasteiger partial charge < -0.3 is 25.4 Å². The lowest BCUT2D eigenvalue weighted by molar-refractivity contribution is -0.129. The van der Waals surface area contributed by atoms with Crippen LogP contribution in [0.3, 0.4) is 0 Å². The Kier molecular flexibility index (Phi) is 7.30. The molecule has 2 fully saturated rings. The topological polar surface area (TPSA) is 86.2 Å². The van der Waals surface area contributed by atoms with Gasteiger partial charge in [-0.3, -0.25) is 9.79 Å². The van der Waals surface area contributed by atoms with E-state index in [2.05, 4.69) is 10.6 Å². The first kappa shape index (κ1) is 19.0. The second kappa shape index (κ2) is 9.22. The molecule has 2 rings (SSSR count). The van der Waals surface area contributed by atoms with E-state index in [0.29, 0.717) is 26.2 Å². The number of nitrogens with one attached hydrogen (secondary N) is 2. The summed E-state index contributed by atoms with van der Waals surface area (Å²) in [7, 11) is 0. The summed E-state index contributed by atoms with van der Waals surface area (Å²) in [5, 5.41) is 16.5. The third-order valence-corrected chi connectivity index (χ3v) is 4.99. The Balaban J connectivity index is 1.92. The maximum atomic E-state index is 11.8. The Hall–Kier alpha value is -1.34. The van der Waals surface area contributed by atoms with Crippen molar-refractivity contribution in [3.05, 3.63) is 0 Å². The number of carbonyl (C=O) groups excluding carboxylic acids is 1. The summed E-state index contributed by atoms with van der Waals surface area (Å²) in [5.41, 5.74) is -0.166. The zero-order valence-corrected chi connectivity index (χ0v) is 15.0. The van der Waals surface area contributed by atoms with E-state index in [1.54, 1.807) is 0 Å². The van der Waals surface area contributed by atoms with Crippen molar-refractivity contribution in [2.75, 3.05) is 46.0 Å². The predicted octanol–water partition coefficient (Wildman–Crippen LogP) is 0.342. The second-order valence-corrected chi connectivity index (χ2v) is 6.79. The zero-order chi connectivity index (χ0) is 17.4. The Bertz CT molecular complexity index is 436. The van der Waals surface area contributed by atoms with E-state index in [1.165, 1.54) is 0 Å². The fraction of sp³-hybridized carbons (Fsp3) is 0.882. The summed E-state index contributed by atoms with van der Waals surface area (Å²) >= 11 is 0. The molecule has 138 valence electrons. The molecule has 0 radical (unpaired) electrons. The van der Waals surface area contributed by atoms with Crippen molar-refractivity contribution in [2.24, 2.45) is 10.4 Å². The summed E-state index contributed by atoms with van der Waals surface area (Å²) in [6.07, 6.45) is 3.18. The highest BCUT2D eigenvalue weighted by Gasteiger charge is 2.32. The van der Waals surface area contributed by atoms with Gasteiger partial charge in [-0.05, 0) is 26.2 Å². The molecule has 1 atom stereocenters. The largest absolute Gasteiger partial charge is 0.396 e. The number of guanidine groups is 1. The Morgan fingerprint density at radius 2 is 2.12 bits per heavy atom. The molecule has 1 amide bonds. The van der Waals surface area contributed by atoms with E-state index in [0.717, 1.165) is 44.9 Å². The third-order valence-electron chi connectivity index (χ3n) is 4.99. The number of likely N-dealkylation sites (tertiary alicyclic amines) is 1. The minimum absolute atomic E-state index is 0.140. The minimum atomic E-state index is -0.166. The number of aliphatic hydroxyl groups is 1. The molecule has 0 aromatic heterocycles. The van der Waals surface area contributed by atoms with Crippen LogP contribution in [0.1, 0.15) is 39.5 Å². The normalized spacial score (nSPS) is 24.0. The zero-order valence-electron chi connectivity index (χ0n) is 15.0. The van der Waals surface area contributed by atoms with Gasteiger partial charge in [0.25, 0.3) is 0 Å². The Labute approximate surface area is 144 Å². The van der Waals surface area contributed by atoms with Crippen LogP contribution in [-0.2, 0) is 9.53 Å². The summed E-state index contributed by atoms with van der Waals surface area (Å²) in [6, 6.07) is 0.234. The van der Waals surface area contributed by atoms with Gasteiger partial charge in [-0.2, -0.15) is 0 Å². The molecule has 7 nitrogen and oxygen atoms in total. The molecule has 2 saturated heterocycles. The van der Waals surface area contributed by atoms with Crippen molar-refractivity contribution in [3.8, 4) is 0 Å². The van der Waals surface area contributed by atoms with Gasteiger partial charge in [0, 0.05) is 50.7 Å². The maximum absolute atomic E-state index is 11.8. The lowest BCUT2D eigenvalue weighted by Gasteiger charge is -2.34. The average molecular weight is 340 g/mol. The van der Waals surface area contributed by atoms with Crippen LogP contribution in [-0.4, -0.2) is 73.9 Å². The second-order valence-electron chi connectivity index (χ2n) is 6.79. The molecule has 2 heterocycles. The van der Waals surface area contributed by atoms with Gasteiger partial charge in [0.1, 0.15) is 0 Å². The first-order valence-corrected chi connectivity index (χ1v) is 9.13. The molecule has 0 aromatic carbocycles. The van der Waals surface area contributed by atoms with Gasteiger partial charge in [-0.15, -0.1) is 0 Å². The number of carbonyl (C=O) groups is 1. The van der Waals surface area contributed by atoms with Crippen LogP contribution in [0.25, 0.3) is 0 Å². The molecule has 0 spiro atoms. The van der Waals surface area contributed by atoms with Crippen LogP contribution in [0, 0.1) is 5.41 Å². The highest BCUT2D eigenvalue weighted by atomic mass is 16.5. The monoisotopic (exact) mass is 340 g/mol. The van der Waals surface area contributed by atoms with Crippen molar-refractivity contribution < 1.29 is 14.6 Å². The average Bonchev–Trinajstić information content (AvgIpc) is 3.08. The lowest BCUT2D eigenvalue weighted by atomic mass is 9.81. The molecular formula is C17H32N4O3. The third kappa shape index (κ3) is 5.08. The molecule has 0 aliphatic carbocycles. The maximum Gasteiger partial charge on any atom is 0.222 e. The lowest BCUT2D eigenvalue weighted by Crippen LogP contribution is -2.46. The number of ether oxygens (including phenoxy) is 1. The molecule has 0 bridgehead atoms. The number of aliphatic imine (C=N–C) groups is 1. The smallest absolute Gasteiger partial charge is 0.222 e. The van der Waals surface area contributed by atoms with Gasteiger partial charge in [0.15, 0.2) is 5.96 Å². The van der Waals surface area contributed by atoms with Crippen LogP contribution in [0.4, 0.5) is 0 Å². The molecule has 7 heteroatoms. The van der Waals surface area contributed by atoms with Crippen molar-refractivity contribution in [3.63, 3.8) is 0 Å². The van der Waals surface area contributed by atoms with Crippen LogP contribution >= 0.6 is 0 Å². The molecule has 1 unspecified atom stereocenters. The van der Waals surface area contributed by atoms with Crippen LogP contribution in [0.5, 0.6) is 0 Å². The van der Waals surface area contributed by atoms with Gasteiger partial charge in [0.2, 0.25) is 5.91 Å². The Morgan fingerprint density at radius 1 is 1.38 bits per heavy atom. The summed E-state index contributed by atoms with van der Waals surface area (Å²) in [5.74, 6) is 0.982. The van der Waals surface area contributed by atoms with E-state index in [9.17, 15) is 9.90 Å². The first-order chi connectivity index (χ1) is 11.6. The van der Waals surface area contributed by atoms with Crippen LogP contribution in [0.15, 0.2) is 4.99 Å². The molecular weight excluding hydrogens is 308 g/mol. The van der Waals surface area contributed by atoms with Crippen molar-refractivity contribution >= 4 is 11.9 Å². The van der Waals surface area contributed by atoms with E-state index >= 15 is 0 Å². The number of hydrogen-bond acceptors (Lipinski definition) is 4. The van der Waals surface area contributed by atoms with Gasteiger partial charge in [-0.1, -0.05) is 6.92 Å².